The van der Waals surface area contributed by atoms with E-state index in [0.717, 1.165) is 72.7 Å². The third-order valence-corrected chi connectivity index (χ3v) is 14.3. The van der Waals surface area contributed by atoms with Crippen molar-refractivity contribution in [2.45, 2.75) is 81.1 Å². The van der Waals surface area contributed by atoms with Crippen molar-refractivity contribution in [2.75, 3.05) is 36.0 Å². The Labute approximate surface area is 368 Å². The van der Waals surface area contributed by atoms with Gasteiger partial charge in [0, 0.05) is 58.4 Å². The first-order valence-electron chi connectivity index (χ1n) is 21.8. The summed E-state index contributed by atoms with van der Waals surface area (Å²) in [6.07, 6.45) is 13.3. The Morgan fingerprint density at radius 2 is 0.900 bits per heavy atom. The average Bonchev–Trinajstić information content (AvgIpc) is 3.87. The van der Waals surface area contributed by atoms with Crippen LogP contribution in [0.15, 0.2) is 84.9 Å². The highest BCUT2D eigenvalue weighted by molar-refractivity contribution is 7.14. The van der Waals surface area contributed by atoms with Gasteiger partial charge in [-0.15, -0.1) is 22.7 Å². The van der Waals surface area contributed by atoms with Gasteiger partial charge in [0.15, 0.2) is 0 Å². The van der Waals surface area contributed by atoms with Crippen LogP contribution in [-0.4, -0.2) is 26.2 Å². The normalized spacial score (nSPS) is 11.7. The molecule has 1 aliphatic carbocycles. The molecule has 0 N–H and O–H groups in total. The molecule has 0 aliphatic heterocycles. The van der Waals surface area contributed by atoms with Crippen LogP contribution in [0.4, 0.5) is 11.4 Å². The van der Waals surface area contributed by atoms with E-state index in [4.69, 9.17) is 0 Å². The Hall–Kier alpha value is -5.52. The molecule has 0 bridgehead atoms. The van der Waals surface area contributed by atoms with Crippen molar-refractivity contribution in [3.05, 3.63) is 160 Å². The topological polar surface area (TPSA) is 6.48 Å². The van der Waals surface area contributed by atoms with Gasteiger partial charge < -0.3 is 9.80 Å². The van der Waals surface area contributed by atoms with Crippen LogP contribution in [0.5, 0.6) is 0 Å². The zero-order chi connectivity index (χ0) is 42.2. The molecule has 2 aromatic heterocycles. The van der Waals surface area contributed by atoms with Crippen LogP contribution in [0.1, 0.15) is 122 Å². The third kappa shape index (κ3) is 9.74. The molecule has 0 saturated carbocycles. The molecule has 0 unspecified atom stereocenters. The lowest BCUT2D eigenvalue weighted by Gasteiger charge is -2.23. The van der Waals surface area contributed by atoms with E-state index in [0.29, 0.717) is 0 Å². The summed E-state index contributed by atoms with van der Waals surface area (Å²) in [5.41, 5.74) is 17.6. The van der Waals surface area contributed by atoms with E-state index in [2.05, 4.69) is 198 Å². The second-order valence-electron chi connectivity index (χ2n) is 15.9. The molecule has 2 heterocycles. The number of fused-ring (bicyclic) bond motifs is 3. The maximum Gasteiger partial charge on any atom is 0.0810 e. The molecule has 60 heavy (non-hydrogen) atoms. The highest BCUT2D eigenvalue weighted by Gasteiger charge is 2.19. The summed E-state index contributed by atoms with van der Waals surface area (Å²) in [5, 5.41) is 0. The number of thiophene rings is 2. The minimum absolute atomic E-state index is 0.903. The molecular formula is C56H58N2S2. The second kappa shape index (κ2) is 19.7. The van der Waals surface area contributed by atoms with Gasteiger partial charge in [0.05, 0.1) is 9.75 Å². The second-order valence-corrected chi connectivity index (χ2v) is 18.0. The first-order valence-corrected chi connectivity index (χ1v) is 23.4. The van der Waals surface area contributed by atoms with Crippen LogP contribution in [-0.2, 0) is 6.42 Å². The predicted molar refractivity (Wildman–Crippen MR) is 266 cm³/mol. The van der Waals surface area contributed by atoms with Gasteiger partial charge in [-0.25, -0.2) is 0 Å². The summed E-state index contributed by atoms with van der Waals surface area (Å²) >= 11 is 3.57. The molecule has 1 aliphatic rings. The molecule has 304 valence electrons. The molecule has 4 heteroatoms. The van der Waals surface area contributed by atoms with Gasteiger partial charge in [0.1, 0.15) is 0 Å². The number of anilines is 2. The van der Waals surface area contributed by atoms with Crippen molar-refractivity contribution < 1.29 is 0 Å². The quantitative estimate of drug-likeness (QED) is 0.107. The highest BCUT2D eigenvalue weighted by atomic mass is 32.1. The Morgan fingerprint density at radius 3 is 1.32 bits per heavy atom. The van der Waals surface area contributed by atoms with E-state index < -0.39 is 0 Å². The molecule has 0 radical (unpaired) electrons. The van der Waals surface area contributed by atoms with Crippen molar-refractivity contribution in [1.82, 2.24) is 0 Å². The van der Waals surface area contributed by atoms with Gasteiger partial charge in [-0.2, -0.15) is 0 Å². The monoisotopic (exact) mass is 822 g/mol. The fourth-order valence-electron chi connectivity index (χ4n) is 8.00. The van der Waals surface area contributed by atoms with Crippen molar-refractivity contribution >= 4 is 58.4 Å². The summed E-state index contributed by atoms with van der Waals surface area (Å²) in [5.74, 6) is 14.1. The Morgan fingerprint density at radius 1 is 0.483 bits per heavy atom. The SMILES string of the molecule is CCCN(CC)c1ccc(/C=C/c2sc(C#Cc3ccc4c(c3)Cc3cc(C#Cc5sc(/C=C/c6ccc(N(CCC)CCC)cc6)c(C)c5C)ccc3-4)c(C)c2C)cc1. The Kier molecular flexibility index (Phi) is 14.0. The average molecular weight is 823 g/mol. The molecular weight excluding hydrogens is 765 g/mol. The Bertz CT molecular complexity index is 2640. The van der Waals surface area contributed by atoms with Gasteiger partial charge >= 0.3 is 0 Å². The van der Waals surface area contributed by atoms with E-state index in [9.17, 15) is 0 Å². The van der Waals surface area contributed by atoms with Crippen LogP contribution in [0.3, 0.4) is 0 Å². The largest absolute Gasteiger partial charge is 0.372 e. The van der Waals surface area contributed by atoms with Gasteiger partial charge in [0.25, 0.3) is 0 Å². The maximum atomic E-state index is 3.53. The summed E-state index contributed by atoms with van der Waals surface area (Å²) in [4.78, 5) is 9.72. The zero-order valence-corrected chi connectivity index (χ0v) is 38.4. The van der Waals surface area contributed by atoms with Gasteiger partial charge in [0.2, 0.25) is 0 Å². The molecule has 6 aromatic rings. The van der Waals surface area contributed by atoms with Gasteiger partial charge in [-0.05, 0) is 177 Å². The number of rotatable bonds is 13. The predicted octanol–water partition coefficient (Wildman–Crippen LogP) is 14.6. The molecule has 7 rings (SSSR count). The molecule has 0 fully saturated rings. The summed E-state index contributed by atoms with van der Waals surface area (Å²) < 4.78 is 0. The van der Waals surface area contributed by atoms with Gasteiger partial charge in [-0.1, -0.05) is 93.0 Å². The lowest BCUT2D eigenvalue weighted by molar-refractivity contribution is 0.745. The number of benzene rings is 4. The first-order chi connectivity index (χ1) is 29.2. The summed E-state index contributed by atoms with van der Waals surface area (Å²) in [6, 6.07) is 31.3. The first kappa shape index (κ1) is 42.6. The number of hydrogen-bond acceptors (Lipinski definition) is 4. The highest BCUT2D eigenvalue weighted by Crippen LogP contribution is 2.38. The molecule has 0 saturated heterocycles. The fraction of sp³-hybridized carbons (Fsp3) is 0.286. The third-order valence-electron chi connectivity index (χ3n) is 11.7. The zero-order valence-electron chi connectivity index (χ0n) is 36.8. The van der Waals surface area contributed by atoms with E-state index in [1.807, 2.05) is 0 Å². The smallest absolute Gasteiger partial charge is 0.0810 e. The van der Waals surface area contributed by atoms with E-state index in [-0.39, 0.29) is 0 Å². The molecule has 0 atom stereocenters. The van der Waals surface area contributed by atoms with Crippen molar-refractivity contribution in [1.29, 1.82) is 0 Å². The molecule has 2 nitrogen and oxygen atoms in total. The van der Waals surface area contributed by atoms with Crippen LogP contribution < -0.4 is 9.80 Å². The minimum Gasteiger partial charge on any atom is -0.372 e. The van der Waals surface area contributed by atoms with Crippen LogP contribution in [0, 0.1) is 51.4 Å². The van der Waals surface area contributed by atoms with Crippen LogP contribution in [0.25, 0.3) is 35.4 Å². The summed E-state index contributed by atoms with van der Waals surface area (Å²) in [7, 11) is 0. The standard InChI is InChI=1S/C56H58N2S2/c1-9-33-57(12-4)49-23-13-43(14-24-49)19-29-53-39(5)41(7)55(59-53)31-21-45-17-27-51-47(36-45)38-48-37-46(18-28-52(48)51)22-32-56-42(8)40(6)54(60-56)30-20-44-15-25-50(26-16-44)58(34-10-2)35-11-3/h13-20,23-30,36-37H,9-12,33-35,38H2,1-8H3/b29-19+,30-20+. The van der Waals surface area contributed by atoms with E-state index >= 15 is 0 Å². The van der Waals surface area contributed by atoms with Crippen molar-refractivity contribution in [3.8, 4) is 34.8 Å². The molecule has 4 aromatic carbocycles. The van der Waals surface area contributed by atoms with Gasteiger partial charge in [-0.3, -0.25) is 0 Å². The summed E-state index contributed by atoms with van der Waals surface area (Å²) in [6.45, 7) is 22.1. The van der Waals surface area contributed by atoms with Crippen molar-refractivity contribution in [3.63, 3.8) is 0 Å². The number of hydrogen-bond donors (Lipinski definition) is 0. The lowest BCUT2D eigenvalue weighted by Crippen LogP contribution is -2.24. The van der Waals surface area contributed by atoms with Crippen LogP contribution >= 0.6 is 22.7 Å². The fourth-order valence-corrected chi connectivity index (χ4v) is 10.1. The van der Waals surface area contributed by atoms with E-state index in [1.54, 1.807) is 22.7 Å². The molecule has 0 amide bonds. The van der Waals surface area contributed by atoms with Crippen molar-refractivity contribution in [2.24, 2.45) is 0 Å². The Balaban J connectivity index is 1.01. The van der Waals surface area contributed by atoms with Crippen LogP contribution in [0.2, 0.25) is 0 Å². The molecule has 0 spiro atoms. The number of nitrogens with zero attached hydrogens (tertiary/aromatic N) is 2. The lowest BCUT2D eigenvalue weighted by atomic mass is 10.0. The van der Waals surface area contributed by atoms with E-state index in [1.165, 1.54) is 76.8 Å². The minimum atomic E-state index is 0.903. The maximum absolute atomic E-state index is 3.53.